The first-order valence-electron chi connectivity index (χ1n) is 11.3. The molecular weight excluding hydrogens is 374 g/mol. The van der Waals surface area contributed by atoms with Crippen LogP contribution in [-0.2, 0) is 16.8 Å². The van der Waals surface area contributed by atoms with Crippen molar-refractivity contribution in [1.82, 2.24) is 15.2 Å². The van der Waals surface area contributed by atoms with Gasteiger partial charge in [0.25, 0.3) is 0 Å². The number of nitrogens with zero attached hydrogens (tertiary/aromatic N) is 2. The zero-order valence-corrected chi connectivity index (χ0v) is 18.0. The van der Waals surface area contributed by atoms with Crippen molar-refractivity contribution in [1.29, 1.82) is 0 Å². The molecule has 1 amide bonds. The lowest BCUT2D eigenvalue weighted by molar-refractivity contribution is -0.129. The first-order chi connectivity index (χ1) is 14.7. The van der Waals surface area contributed by atoms with Gasteiger partial charge in [-0.1, -0.05) is 37.5 Å². The van der Waals surface area contributed by atoms with E-state index in [2.05, 4.69) is 33.4 Å². The minimum Gasteiger partial charge on any atom is -0.496 e. The lowest BCUT2D eigenvalue weighted by Gasteiger charge is -2.39. The van der Waals surface area contributed by atoms with E-state index >= 15 is 0 Å². The number of para-hydroxylation sites is 1. The Hall–Kier alpha value is -2.40. The van der Waals surface area contributed by atoms with Gasteiger partial charge in [-0.2, -0.15) is 0 Å². The molecule has 5 nitrogen and oxygen atoms in total. The minimum absolute atomic E-state index is 0.194. The first-order valence-corrected chi connectivity index (χ1v) is 11.3. The number of rotatable bonds is 6. The van der Waals surface area contributed by atoms with Gasteiger partial charge in [-0.25, -0.2) is 0 Å². The van der Waals surface area contributed by atoms with Gasteiger partial charge in [0.2, 0.25) is 5.91 Å². The molecule has 0 radical (unpaired) electrons. The van der Waals surface area contributed by atoms with Crippen molar-refractivity contribution in [3.63, 3.8) is 0 Å². The molecule has 2 fully saturated rings. The van der Waals surface area contributed by atoms with E-state index in [4.69, 9.17) is 4.74 Å². The van der Waals surface area contributed by atoms with Crippen molar-refractivity contribution in [3.8, 4) is 5.75 Å². The van der Waals surface area contributed by atoms with Gasteiger partial charge in [-0.3, -0.25) is 14.7 Å². The zero-order chi connectivity index (χ0) is 20.8. The standard InChI is InChI=1S/C25H33N3O2/c1-30-23-8-4-3-7-22(23)25(13-5-2-6-14-25)24(29)27-21-11-17-28(18-12-21)19-20-9-15-26-16-10-20/h3-4,7-10,15-16,21H,2,5-6,11-14,17-19H2,1H3,(H,27,29). The summed E-state index contributed by atoms with van der Waals surface area (Å²) in [6, 6.07) is 12.5. The SMILES string of the molecule is COc1ccccc1C1(C(=O)NC2CCN(Cc3ccncc3)CC2)CCCCC1. The number of aromatic nitrogens is 1. The molecule has 0 bridgehead atoms. The number of ether oxygens (including phenoxy) is 1. The van der Waals surface area contributed by atoms with Crippen LogP contribution in [0.5, 0.6) is 5.75 Å². The number of hydrogen-bond donors (Lipinski definition) is 1. The molecule has 30 heavy (non-hydrogen) atoms. The van der Waals surface area contributed by atoms with Gasteiger partial charge in [-0.15, -0.1) is 0 Å². The van der Waals surface area contributed by atoms with E-state index in [1.807, 2.05) is 30.6 Å². The molecule has 2 aromatic rings. The van der Waals surface area contributed by atoms with E-state index in [-0.39, 0.29) is 11.9 Å². The maximum Gasteiger partial charge on any atom is 0.231 e. The maximum atomic E-state index is 13.6. The Bertz CT molecular complexity index is 825. The van der Waals surface area contributed by atoms with E-state index in [0.717, 1.165) is 69.5 Å². The highest BCUT2D eigenvalue weighted by Crippen LogP contribution is 2.43. The summed E-state index contributed by atoms with van der Waals surface area (Å²) in [5.74, 6) is 1.03. The molecule has 1 saturated carbocycles. The quantitative estimate of drug-likeness (QED) is 0.784. The van der Waals surface area contributed by atoms with Crippen molar-refractivity contribution in [2.75, 3.05) is 20.2 Å². The molecule has 5 heteroatoms. The number of likely N-dealkylation sites (tertiary alicyclic amines) is 1. The van der Waals surface area contributed by atoms with Crippen LogP contribution in [0.2, 0.25) is 0 Å². The summed E-state index contributed by atoms with van der Waals surface area (Å²) >= 11 is 0. The molecule has 1 aromatic carbocycles. The lowest BCUT2D eigenvalue weighted by atomic mass is 9.68. The van der Waals surface area contributed by atoms with Crippen molar-refractivity contribution in [2.24, 2.45) is 0 Å². The summed E-state index contributed by atoms with van der Waals surface area (Å²) in [6.07, 6.45) is 10.9. The van der Waals surface area contributed by atoms with E-state index in [1.165, 1.54) is 12.0 Å². The monoisotopic (exact) mass is 407 g/mol. The van der Waals surface area contributed by atoms with E-state index in [1.54, 1.807) is 7.11 Å². The number of piperidine rings is 1. The van der Waals surface area contributed by atoms with Crippen LogP contribution in [0.4, 0.5) is 0 Å². The zero-order valence-electron chi connectivity index (χ0n) is 18.0. The van der Waals surface area contributed by atoms with E-state index in [9.17, 15) is 4.79 Å². The van der Waals surface area contributed by atoms with Crippen LogP contribution < -0.4 is 10.1 Å². The number of methoxy groups -OCH3 is 1. The van der Waals surface area contributed by atoms with Crippen LogP contribution in [-0.4, -0.2) is 42.0 Å². The molecule has 1 aliphatic carbocycles. The number of carbonyl (C=O) groups excluding carboxylic acids is 1. The van der Waals surface area contributed by atoms with Gasteiger partial charge < -0.3 is 10.1 Å². The van der Waals surface area contributed by atoms with Crippen LogP contribution in [0.1, 0.15) is 56.1 Å². The Kier molecular flexibility index (Phi) is 6.68. The molecule has 1 aromatic heterocycles. The third-order valence-electron chi connectivity index (χ3n) is 6.84. The molecule has 0 atom stereocenters. The Labute approximate surface area is 179 Å². The summed E-state index contributed by atoms with van der Waals surface area (Å²) in [4.78, 5) is 20.2. The highest BCUT2D eigenvalue weighted by molar-refractivity contribution is 5.89. The predicted octanol–water partition coefficient (Wildman–Crippen LogP) is 4.07. The van der Waals surface area contributed by atoms with E-state index < -0.39 is 5.41 Å². The number of nitrogens with one attached hydrogen (secondary N) is 1. The Balaban J connectivity index is 1.41. The molecule has 0 unspecified atom stereocenters. The smallest absolute Gasteiger partial charge is 0.231 e. The Morgan fingerprint density at radius 1 is 1.10 bits per heavy atom. The molecular formula is C25H33N3O2. The second kappa shape index (κ2) is 9.61. The average molecular weight is 408 g/mol. The second-order valence-electron chi connectivity index (χ2n) is 8.72. The average Bonchev–Trinajstić information content (AvgIpc) is 2.81. The molecule has 1 N–H and O–H groups in total. The van der Waals surface area contributed by atoms with Crippen molar-refractivity contribution in [2.45, 2.75) is 62.9 Å². The highest BCUT2D eigenvalue weighted by atomic mass is 16.5. The van der Waals surface area contributed by atoms with Gasteiger partial charge in [0, 0.05) is 43.6 Å². The van der Waals surface area contributed by atoms with Crippen molar-refractivity contribution < 1.29 is 9.53 Å². The summed E-state index contributed by atoms with van der Waals surface area (Å²) in [5.41, 5.74) is 1.89. The molecule has 1 aliphatic heterocycles. The largest absolute Gasteiger partial charge is 0.496 e. The summed E-state index contributed by atoms with van der Waals surface area (Å²) in [5, 5.41) is 3.43. The fourth-order valence-electron chi connectivity index (χ4n) is 5.12. The first kappa shape index (κ1) is 20.9. The third kappa shape index (κ3) is 4.51. The second-order valence-corrected chi connectivity index (χ2v) is 8.72. The van der Waals surface area contributed by atoms with Gasteiger partial charge in [-0.05, 0) is 49.4 Å². The normalized spacial score (nSPS) is 19.9. The fourth-order valence-corrected chi connectivity index (χ4v) is 5.12. The summed E-state index contributed by atoms with van der Waals surface area (Å²) in [7, 11) is 1.70. The fraction of sp³-hybridized carbons (Fsp3) is 0.520. The molecule has 2 aliphatic rings. The van der Waals surface area contributed by atoms with E-state index in [0.29, 0.717) is 0 Å². The van der Waals surface area contributed by atoms with Gasteiger partial charge in [0.15, 0.2) is 0 Å². The van der Waals surface area contributed by atoms with Gasteiger partial charge in [0.1, 0.15) is 5.75 Å². The summed E-state index contributed by atoms with van der Waals surface area (Å²) < 4.78 is 5.64. The van der Waals surface area contributed by atoms with Crippen molar-refractivity contribution in [3.05, 3.63) is 59.9 Å². The van der Waals surface area contributed by atoms with Crippen molar-refractivity contribution >= 4 is 5.91 Å². The van der Waals surface area contributed by atoms with Crippen LogP contribution in [0, 0.1) is 0 Å². The number of carbonyl (C=O) groups is 1. The number of pyridine rings is 1. The topological polar surface area (TPSA) is 54.5 Å². The molecule has 2 heterocycles. The molecule has 4 rings (SSSR count). The Morgan fingerprint density at radius 2 is 1.80 bits per heavy atom. The molecule has 160 valence electrons. The third-order valence-corrected chi connectivity index (χ3v) is 6.84. The number of benzene rings is 1. The highest BCUT2D eigenvalue weighted by Gasteiger charge is 2.43. The van der Waals surface area contributed by atoms with Crippen LogP contribution >= 0.6 is 0 Å². The predicted molar refractivity (Wildman–Crippen MR) is 118 cm³/mol. The number of hydrogen-bond acceptors (Lipinski definition) is 4. The minimum atomic E-state index is -0.459. The van der Waals surface area contributed by atoms with Crippen LogP contribution in [0.3, 0.4) is 0 Å². The summed E-state index contributed by atoms with van der Waals surface area (Å²) in [6.45, 7) is 2.97. The van der Waals surface area contributed by atoms with Crippen LogP contribution in [0.25, 0.3) is 0 Å². The molecule has 1 saturated heterocycles. The van der Waals surface area contributed by atoms with Gasteiger partial charge in [0.05, 0.1) is 12.5 Å². The molecule has 0 spiro atoms. The Morgan fingerprint density at radius 3 is 2.50 bits per heavy atom. The maximum absolute atomic E-state index is 13.6. The number of amides is 1. The van der Waals surface area contributed by atoms with Crippen LogP contribution in [0.15, 0.2) is 48.8 Å². The van der Waals surface area contributed by atoms with Gasteiger partial charge >= 0.3 is 0 Å². The lowest BCUT2D eigenvalue weighted by Crippen LogP contribution is -2.52.